The molecule has 0 saturated heterocycles. The van der Waals surface area contributed by atoms with Gasteiger partial charge in [-0.15, -0.1) is 0 Å². The summed E-state index contributed by atoms with van der Waals surface area (Å²) in [7, 11) is -3.94. The molecule has 0 fully saturated rings. The molecule has 4 aromatic rings. The van der Waals surface area contributed by atoms with Crippen molar-refractivity contribution >= 4 is 38.9 Å². The van der Waals surface area contributed by atoms with Crippen LogP contribution in [-0.2, 0) is 10.0 Å². The lowest BCUT2D eigenvalue weighted by molar-refractivity contribution is 0.102. The molecular weight excluding hydrogens is 460 g/mol. The van der Waals surface area contributed by atoms with E-state index in [1.807, 2.05) is 30.3 Å². The molecule has 2 N–H and O–H groups in total. The van der Waals surface area contributed by atoms with E-state index in [-0.39, 0.29) is 21.2 Å². The summed E-state index contributed by atoms with van der Waals surface area (Å²) in [6, 6.07) is 20.6. The molecule has 0 radical (unpaired) electrons. The van der Waals surface area contributed by atoms with E-state index in [4.69, 9.17) is 11.6 Å². The molecule has 0 spiro atoms. The highest BCUT2D eigenvalue weighted by atomic mass is 35.5. The first-order valence-corrected chi connectivity index (χ1v) is 11.8. The van der Waals surface area contributed by atoms with E-state index in [1.165, 1.54) is 18.5 Å². The first-order chi connectivity index (χ1) is 15.8. The summed E-state index contributed by atoms with van der Waals surface area (Å²) >= 11 is 6.08. The molecule has 3 aromatic carbocycles. The zero-order valence-electron chi connectivity index (χ0n) is 17.5. The number of hydrogen-bond donors (Lipinski definition) is 2. The highest BCUT2D eigenvalue weighted by molar-refractivity contribution is 7.92. The van der Waals surface area contributed by atoms with E-state index in [0.717, 1.165) is 5.56 Å². The summed E-state index contributed by atoms with van der Waals surface area (Å²) in [6.45, 7) is 1.67. The number of para-hydroxylation sites is 1. The normalized spacial score (nSPS) is 11.1. The van der Waals surface area contributed by atoms with Gasteiger partial charge < -0.3 is 5.32 Å². The van der Waals surface area contributed by atoms with Crippen LogP contribution < -0.4 is 10.0 Å². The summed E-state index contributed by atoms with van der Waals surface area (Å²) in [6.07, 6.45) is 2.85. The van der Waals surface area contributed by atoms with Crippen LogP contribution in [0.25, 0.3) is 11.4 Å². The summed E-state index contributed by atoms with van der Waals surface area (Å²) < 4.78 is 28.4. The number of halogens is 1. The van der Waals surface area contributed by atoms with E-state index in [1.54, 1.807) is 43.3 Å². The molecule has 1 heterocycles. The second-order valence-electron chi connectivity index (χ2n) is 7.18. The van der Waals surface area contributed by atoms with Crippen LogP contribution in [0.15, 0.2) is 90.1 Å². The van der Waals surface area contributed by atoms with E-state index < -0.39 is 15.9 Å². The Labute approximate surface area is 196 Å². The van der Waals surface area contributed by atoms with Crippen LogP contribution in [0.3, 0.4) is 0 Å². The van der Waals surface area contributed by atoms with Gasteiger partial charge >= 0.3 is 0 Å². The molecule has 33 heavy (non-hydrogen) atoms. The number of nitrogens with one attached hydrogen (secondary N) is 2. The highest BCUT2D eigenvalue weighted by Crippen LogP contribution is 2.27. The Morgan fingerprint density at radius 2 is 1.58 bits per heavy atom. The Bertz CT molecular complexity index is 1410. The SMILES string of the molecule is Cc1ccc(NC(=O)c2cnc(-c3ccccc3)nc2)cc1S(=O)(=O)Nc1ccccc1Cl. The number of aromatic nitrogens is 2. The van der Waals surface area contributed by atoms with Crippen LogP contribution in [0, 0.1) is 6.92 Å². The van der Waals surface area contributed by atoms with Crippen LogP contribution in [0.4, 0.5) is 11.4 Å². The number of hydrogen-bond acceptors (Lipinski definition) is 5. The van der Waals surface area contributed by atoms with Gasteiger partial charge in [-0.25, -0.2) is 18.4 Å². The number of anilines is 2. The number of aryl methyl sites for hydroxylation is 1. The van der Waals surface area contributed by atoms with Crippen molar-refractivity contribution in [1.82, 2.24) is 9.97 Å². The lowest BCUT2D eigenvalue weighted by atomic mass is 10.2. The van der Waals surface area contributed by atoms with Gasteiger partial charge in [0.05, 0.1) is 21.2 Å². The van der Waals surface area contributed by atoms with Gasteiger partial charge in [0.1, 0.15) is 0 Å². The van der Waals surface area contributed by atoms with Crippen LogP contribution in [0.1, 0.15) is 15.9 Å². The molecule has 0 aliphatic heterocycles. The Kier molecular flexibility index (Phi) is 6.39. The Hall–Kier alpha value is -3.75. The van der Waals surface area contributed by atoms with Gasteiger partial charge in [0.15, 0.2) is 5.82 Å². The molecule has 0 aliphatic carbocycles. The van der Waals surface area contributed by atoms with Gasteiger partial charge in [-0.3, -0.25) is 9.52 Å². The van der Waals surface area contributed by atoms with Crippen LogP contribution in [0.2, 0.25) is 5.02 Å². The average molecular weight is 479 g/mol. The molecule has 0 atom stereocenters. The van der Waals surface area contributed by atoms with E-state index in [9.17, 15) is 13.2 Å². The zero-order chi connectivity index (χ0) is 23.4. The summed E-state index contributed by atoms with van der Waals surface area (Å²) in [4.78, 5) is 21.2. The predicted octanol–water partition coefficient (Wildman–Crippen LogP) is 5.16. The second-order valence-corrected chi connectivity index (χ2v) is 9.24. The molecule has 1 aromatic heterocycles. The Balaban J connectivity index is 1.54. The van der Waals surface area contributed by atoms with Crippen LogP contribution >= 0.6 is 11.6 Å². The third-order valence-corrected chi connectivity index (χ3v) is 6.64. The van der Waals surface area contributed by atoms with Crippen molar-refractivity contribution < 1.29 is 13.2 Å². The maximum absolute atomic E-state index is 13.0. The number of amides is 1. The largest absolute Gasteiger partial charge is 0.322 e. The second kappa shape index (κ2) is 9.40. The molecule has 7 nitrogen and oxygen atoms in total. The van der Waals surface area contributed by atoms with Crippen LogP contribution in [-0.4, -0.2) is 24.3 Å². The average Bonchev–Trinajstić information content (AvgIpc) is 2.82. The van der Waals surface area contributed by atoms with Gasteiger partial charge in [0, 0.05) is 23.6 Å². The summed E-state index contributed by atoms with van der Waals surface area (Å²) in [5.74, 6) is 0.0439. The van der Waals surface area contributed by atoms with Crippen molar-refractivity contribution in [2.24, 2.45) is 0 Å². The first kappa shape index (κ1) is 22.4. The molecule has 0 saturated carbocycles. The number of sulfonamides is 1. The third-order valence-electron chi connectivity index (χ3n) is 4.80. The number of nitrogens with zero attached hydrogens (tertiary/aromatic N) is 2. The van der Waals surface area contributed by atoms with E-state index >= 15 is 0 Å². The van der Waals surface area contributed by atoms with Crippen molar-refractivity contribution in [3.05, 3.63) is 101 Å². The molecule has 0 unspecified atom stereocenters. The van der Waals surface area contributed by atoms with Gasteiger partial charge in [-0.05, 0) is 36.8 Å². The fraction of sp³-hybridized carbons (Fsp3) is 0.0417. The van der Waals surface area contributed by atoms with Crippen molar-refractivity contribution in [1.29, 1.82) is 0 Å². The lowest BCUT2D eigenvalue weighted by Gasteiger charge is -2.13. The van der Waals surface area contributed by atoms with Crippen LogP contribution in [0.5, 0.6) is 0 Å². The minimum Gasteiger partial charge on any atom is -0.322 e. The summed E-state index contributed by atoms with van der Waals surface area (Å²) in [5.41, 5.74) is 2.18. The smallest absolute Gasteiger partial charge is 0.262 e. The highest BCUT2D eigenvalue weighted by Gasteiger charge is 2.19. The van der Waals surface area contributed by atoms with Gasteiger partial charge in [0.2, 0.25) is 0 Å². The van der Waals surface area contributed by atoms with Crippen molar-refractivity contribution in [2.75, 3.05) is 10.0 Å². The Morgan fingerprint density at radius 3 is 2.27 bits per heavy atom. The molecule has 0 aliphatic rings. The van der Waals surface area contributed by atoms with Crippen molar-refractivity contribution in [3.8, 4) is 11.4 Å². The molecular formula is C24H19ClN4O3S. The van der Waals surface area contributed by atoms with Gasteiger partial charge in [0.25, 0.3) is 15.9 Å². The fourth-order valence-electron chi connectivity index (χ4n) is 3.10. The number of rotatable bonds is 6. The van der Waals surface area contributed by atoms with Gasteiger partial charge in [-0.2, -0.15) is 0 Å². The predicted molar refractivity (Wildman–Crippen MR) is 129 cm³/mol. The molecule has 0 bridgehead atoms. The lowest BCUT2D eigenvalue weighted by Crippen LogP contribution is -2.16. The monoisotopic (exact) mass is 478 g/mol. The maximum Gasteiger partial charge on any atom is 0.262 e. The number of benzene rings is 3. The quantitative estimate of drug-likeness (QED) is 0.398. The van der Waals surface area contributed by atoms with Crippen molar-refractivity contribution in [3.63, 3.8) is 0 Å². The fourth-order valence-corrected chi connectivity index (χ4v) is 4.69. The molecule has 1 amide bonds. The van der Waals surface area contributed by atoms with Crippen molar-refractivity contribution in [2.45, 2.75) is 11.8 Å². The maximum atomic E-state index is 13.0. The molecule has 4 rings (SSSR count). The Morgan fingerprint density at radius 1 is 0.909 bits per heavy atom. The molecule has 9 heteroatoms. The molecule has 166 valence electrons. The van der Waals surface area contributed by atoms with E-state index in [0.29, 0.717) is 17.1 Å². The van der Waals surface area contributed by atoms with Gasteiger partial charge in [-0.1, -0.05) is 60.1 Å². The number of carbonyl (C=O) groups is 1. The topological polar surface area (TPSA) is 101 Å². The minimum absolute atomic E-state index is 0.0240. The summed E-state index contributed by atoms with van der Waals surface area (Å²) in [5, 5.41) is 2.97. The number of carbonyl (C=O) groups excluding carboxylic acids is 1. The third kappa shape index (κ3) is 5.19. The first-order valence-electron chi connectivity index (χ1n) is 9.90. The zero-order valence-corrected chi connectivity index (χ0v) is 19.1. The minimum atomic E-state index is -3.94. The standard InChI is InChI=1S/C24H19ClN4O3S/c1-16-11-12-19(13-22(16)33(31,32)29-21-10-6-5-9-20(21)25)28-24(30)18-14-26-23(27-15-18)17-7-3-2-4-8-17/h2-15,29H,1H3,(H,28,30). The van der Waals surface area contributed by atoms with E-state index in [2.05, 4.69) is 20.0 Å².